The fraction of sp³-hybridized carbons (Fsp3) is 0.533. The lowest BCUT2D eigenvalue weighted by molar-refractivity contribution is -0.131. The van der Waals surface area contributed by atoms with Crippen LogP contribution in [0.25, 0.3) is 0 Å². The molecular formula is C15H20N2O2. The van der Waals surface area contributed by atoms with Gasteiger partial charge in [0, 0.05) is 13.7 Å². The molecular weight excluding hydrogens is 240 g/mol. The van der Waals surface area contributed by atoms with Gasteiger partial charge >= 0.3 is 0 Å². The van der Waals surface area contributed by atoms with Crippen molar-refractivity contribution in [3.8, 4) is 0 Å². The average molecular weight is 260 g/mol. The van der Waals surface area contributed by atoms with Gasteiger partial charge in [-0.15, -0.1) is 0 Å². The van der Waals surface area contributed by atoms with Crippen molar-refractivity contribution in [1.29, 1.82) is 0 Å². The highest BCUT2D eigenvalue weighted by Crippen LogP contribution is 2.45. The van der Waals surface area contributed by atoms with E-state index in [0.717, 1.165) is 18.4 Å². The normalized spacial score (nSPS) is 24.2. The van der Waals surface area contributed by atoms with E-state index in [9.17, 15) is 4.79 Å². The zero-order chi connectivity index (χ0) is 13.5. The van der Waals surface area contributed by atoms with Crippen LogP contribution in [0, 0.1) is 6.92 Å². The van der Waals surface area contributed by atoms with Crippen LogP contribution in [0.5, 0.6) is 0 Å². The Morgan fingerprint density at radius 3 is 2.89 bits per heavy atom. The Morgan fingerprint density at radius 1 is 1.47 bits per heavy atom. The minimum absolute atomic E-state index is 0.00921. The number of nitrogens with one attached hydrogen (secondary N) is 1. The van der Waals surface area contributed by atoms with Crippen LogP contribution in [-0.2, 0) is 9.53 Å². The molecule has 4 heteroatoms. The van der Waals surface area contributed by atoms with Gasteiger partial charge in [0.15, 0.2) is 0 Å². The number of benzene rings is 1. The maximum atomic E-state index is 12.5. The number of hydrogen-bond donors (Lipinski definition) is 1. The molecule has 1 N–H and O–H groups in total. The van der Waals surface area contributed by atoms with Gasteiger partial charge in [0.25, 0.3) is 0 Å². The summed E-state index contributed by atoms with van der Waals surface area (Å²) in [5, 5.41) is 3.51. The predicted octanol–water partition coefficient (Wildman–Crippen LogP) is 1.60. The third-order valence-corrected chi connectivity index (χ3v) is 4.04. The largest absolute Gasteiger partial charge is 0.383 e. The lowest BCUT2D eigenvalue weighted by atomic mass is 10.1. The molecule has 3 rings (SSSR count). The fourth-order valence-corrected chi connectivity index (χ4v) is 2.80. The second-order valence-corrected chi connectivity index (χ2v) is 5.53. The van der Waals surface area contributed by atoms with Crippen molar-refractivity contribution in [3.63, 3.8) is 0 Å². The third kappa shape index (κ3) is 2.15. The van der Waals surface area contributed by atoms with Crippen LogP contribution < -0.4 is 5.32 Å². The van der Waals surface area contributed by atoms with Crippen LogP contribution in [-0.4, -0.2) is 36.6 Å². The molecule has 1 aromatic carbocycles. The van der Waals surface area contributed by atoms with Gasteiger partial charge in [-0.3, -0.25) is 10.1 Å². The maximum absolute atomic E-state index is 12.5. The summed E-state index contributed by atoms with van der Waals surface area (Å²) in [6.45, 7) is 3.29. The Bertz CT molecular complexity index is 497. The molecule has 1 aromatic rings. The summed E-state index contributed by atoms with van der Waals surface area (Å²) in [6.07, 6.45) is 1.90. The summed E-state index contributed by atoms with van der Waals surface area (Å²) in [6, 6.07) is 8.35. The maximum Gasteiger partial charge on any atom is 0.244 e. The van der Waals surface area contributed by atoms with Crippen LogP contribution in [0.15, 0.2) is 24.3 Å². The number of hydrogen-bond acceptors (Lipinski definition) is 3. The highest BCUT2D eigenvalue weighted by atomic mass is 16.5. The summed E-state index contributed by atoms with van der Waals surface area (Å²) < 4.78 is 5.13. The summed E-state index contributed by atoms with van der Waals surface area (Å²) >= 11 is 0. The van der Waals surface area contributed by atoms with Gasteiger partial charge in [0.1, 0.15) is 11.7 Å². The van der Waals surface area contributed by atoms with Crippen molar-refractivity contribution in [2.24, 2.45) is 0 Å². The lowest BCUT2D eigenvalue weighted by Gasteiger charge is -2.24. The van der Waals surface area contributed by atoms with Crippen molar-refractivity contribution in [2.45, 2.75) is 31.5 Å². The van der Waals surface area contributed by atoms with Crippen molar-refractivity contribution < 1.29 is 9.53 Å². The monoisotopic (exact) mass is 260 g/mol. The van der Waals surface area contributed by atoms with Crippen LogP contribution in [0.3, 0.4) is 0 Å². The molecule has 1 amide bonds. The van der Waals surface area contributed by atoms with E-state index in [2.05, 4.69) is 30.4 Å². The molecule has 1 unspecified atom stereocenters. The van der Waals surface area contributed by atoms with Crippen molar-refractivity contribution in [1.82, 2.24) is 10.2 Å². The number of ether oxygens (including phenoxy) is 1. The molecule has 1 heterocycles. The smallest absolute Gasteiger partial charge is 0.244 e. The first-order chi connectivity index (χ1) is 9.16. The summed E-state index contributed by atoms with van der Waals surface area (Å²) in [7, 11) is 1.67. The third-order valence-electron chi connectivity index (χ3n) is 4.04. The van der Waals surface area contributed by atoms with Gasteiger partial charge < -0.3 is 9.64 Å². The minimum Gasteiger partial charge on any atom is -0.383 e. The highest BCUT2D eigenvalue weighted by molar-refractivity contribution is 5.92. The first kappa shape index (κ1) is 12.6. The van der Waals surface area contributed by atoms with Gasteiger partial charge in [0.05, 0.1) is 6.61 Å². The summed E-state index contributed by atoms with van der Waals surface area (Å²) in [5.74, 6) is 0.232. The Hall–Kier alpha value is -1.39. The van der Waals surface area contributed by atoms with Crippen LogP contribution in [0.2, 0.25) is 0 Å². The van der Waals surface area contributed by atoms with E-state index in [0.29, 0.717) is 13.2 Å². The summed E-state index contributed by atoms with van der Waals surface area (Å²) in [4.78, 5) is 14.4. The van der Waals surface area contributed by atoms with Crippen molar-refractivity contribution >= 4 is 5.91 Å². The van der Waals surface area contributed by atoms with Gasteiger partial charge in [-0.05, 0) is 25.3 Å². The Labute approximate surface area is 113 Å². The molecule has 0 bridgehead atoms. The molecule has 1 aliphatic carbocycles. The average Bonchev–Trinajstić information content (AvgIpc) is 3.12. The highest BCUT2D eigenvalue weighted by Gasteiger charge is 2.59. The van der Waals surface area contributed by atoms with Crippen LogP contribution in [0.1, 0.15) is 30.1 Å². The molecule has 2 aliphatic rings. The fourth-order valence-electron chi connectivity index (χ4n) is 2.80. The van der Waals surface area contributed by atoms with Crippen molar-refractivity contribution in [2.75, 3.05) is 20.3 Å². The Kier molecular flexibility index (Phi) is 3.07. The molecule has 1 saturated heterocycles. The number of aryl methyl sites for hydroxylation is 1. The number of rotatable bonds is 4. The molecule has 102 valence electrons. The minimum atomic E-state index is -0.276. The Morgan fingerprint density at radius 2 is 2.26 bits per heavy atom. The Balaban J connectivity index is 1.87. The second-order valence-electron chi connectivity index (χ2n) is 5.53. The standard InChI is InChI=1S/C15H20N2O2/c1-11-4-3-5-12(10-11)13-16-15(6-7-15)14(18)17(13)8-9-19-2/h3-5,10,13,16H,6-9H2,1-2H3. The van der Waals surface area contributed by atoms with E-state index in [1.807, 2.05) is 11.0 Å². The number of amides is 1. The van der Waals surface area contributed by atoms with E-state index in [4.69, 9.17) is 4.74 Å². The summed E-state index contributed by atoms with van der Waals surface area (Å²) in [5.41, 5.74) is 2.10. The molecule has 19 heavy (non-hydrogen) atoms. The SMILES string of the molecule is COCCN1C(=O)C2(CC2)NC1c1cccc(C)c1. The number of carbonyl (C=O) groups is 1. The molecule has 1 atom stereocenters. The van der Waals surface area contributed by atoms with E-state index in [1.165, 1.54) is 5.56 Å². The van der Waals surface area contributed by atoms with E-state index < -0.39 is 0 Å². The quantitative estimate of drug-likeness (QED) is 0.894. The zero-order valence-corrected chi connectivity index (χ0v) is 11.5. The topological polar surface area (TPSA) is 41.6 Å². The van der Waals surface area contributed by atoms with E-state index >= 15 is 0 Å². The first-order valence-electron chi connectivity index (χ1n) is 6.80. The predicted molar refractivity (Wildman–Crippen MR) is 72.6 cm³/mol. The van der Waals surface area contributed by atoms with Gasteiger partial charge in [-0.2, -0.15) is 0 Å². The molecule has 1 aliphatic heterocycles. The molecule has 4 nitrogen and oxygen atoms in total. The van der Waals surface area contributed by atoms with Gasteiger partial charge in [-0.1, -0.05) is 29.8 Å². The van der Waals surface area contributed by atoms with Crippen molar-refractivity contribution in [3.05, 3.63) is 35.4 Å². The van der Waals surface area contributed by atoms with E-state index in [-0.39, 0.29) is 17.6 Å². The second kappa shape index (κ2) is 4.62. The number of methoxy groups -OCH3 is 1. The lowest BCUT2D eigenvalue weighted by Crippen LogP contribution is -2.34. The number of nitrogens with zero attached hydrogens (tertiary/aromatic N) is 1. The van der Waals surface area contributed by atoms with Gasteiger partial charge in [-0.25, -0.2) is 0 Å². The van der Waals surface area contributed by atoms with Crippen LogP contribution in [0.4, 0.5) is 0 Å². The molecule has 2 fully saturated rings. The molecule has 0 aromatic heterocycles. The first-order valence-corrected chi connectivity index (χ1v) is 6.80. The molecule has 1 saturated carbocycles. The van der Waals surface area contributed by atoms with E-state index in [1.54, 1.807) is 7.11 Å². The van der Waals surface area contributed by atoms with Gasteiger partial charge in [0.2, 0.25) is 5.91 Å². The molecule has 1 spiro atoms. The zero-order valence-electron chi connectivity index (χ0n) is 11.5. The molecule has 0 radical (unpaired) electrons. The number of carbonyl (C=O) groups excluding carboxylic acids is 1. The van der Waals surface area contributed by atoms with Crippen LogP contribution >= 0.6 is 0 Å².